The van der Waals surface area contributed by atoms with Gasteiger partial charge in [-0.25, -0.2) is 0 Å². The molecule has 0 aliphatic heterocycles. The highest BCUT2D eigenvalue weighted by Gasteiger charge is 1.98. The summed E-state index contributed by atoms with van der Waals surface area (Å²) in [4.78, 5) is 0. The highest BCUT2D eigenvalue weighted by atomic mass is 35.5. The van der Waals surface area contributed by atoms with Crippen LogP contribution >= 0.6 is 20.2 Å². The van der Waals surface area contributed by atoms with Gasteiger partial charge in [-0.05, 0) is 23.1 Å². The molecular formula is C13H12ClP. The van der Waals surface area contributed by atoms with Crippen LogP contribution in [0.15, 0.2) is 54.6 Å². The molecule has 15 heavy (non-hydrogen) atoms. The van der Waals surface area contributed by atoms with Crippen molar-refractivity contribution in [3.8, 4) is 0 Å². The molecule has 0 aliphatic carbocycles. The van der Waals surface area contributed by atoms with Gasteiger partial charge in [-0.3, -0.25) is 0 Å². The number of benzene rings is 2. The van der Waals surface area contributed by atoms with E-state index in [0.717, 1.165) is 19.8 Å². The topological polar surface area (TPSA) is 0 Å². The molecule has 2 aromatic carbocycles. The summed E-state index contributed by atoms with van der Waals surface area (Å²) >= 11 is 6.09. The van der Waals surface area contributed by atoms with Gasteiger partial charge >= 0.3 is 0 Å². The van der Waals surface area contributed by atoms with Crippen LogP contribution in [0, 0.1) is 0 Å². The van der Waals surface area contributed by atoms with E-state index in [-0.39, 0.29) is 0 Å². The number of hydrogen-bond acceptors (Lipinski definition) is 0. The normalized spacial score (nSPS) is 11.0. The molecule has 76 valence electrons. The Morgan fingerprint density at radius 3 is 2.27 bits per heavy atom. The minimum absolute atomic E-state index is 0.794. The molecule has 0 saturated carbocycles. The van der Waals surface area contributed by atoms with Gasteiger partial charge in [0.25, 0.3) is 0 Å². The van der Waals surface area contributed by atoms with Crippen LogP contribution in [0.1, 0.15) is 5.56 Å². The van der Waals surface area contributed by atoms with Gasteiger partial charge in [0, 0.05) is 5.02 Å². The first-order valence-electron chi connectivity index (χ1n) is 4.88. The van der Waals surface area contributed by atoms with E-state index in [1.807, 2.05) is 24.3 Å². The molecule has 1 unspecified atom stereocenters. The third-order valence-corrected chi connectivity index (χ3v) is 3.88. The van der Waals surface area contributed by atoms with Crippen molar-refractivity contribution in [2.45, 2.75) is 6.16 Å². The molecule has 0 amide bonds. The molecule has 0 bridgehead atoms. The van der Waals surface area contributed by atoms with Crippen LogP contribution in [0.25, 0.3) is 0 Å². The maximum Gasteiger partial charge on any atom is 0.0441 e. The van der Waals surface area contributed by atoms with Gasteiger partial charge in [0.1, 0.15) is 0 Å². The number of halogens is 1. The van der Waals surface area contributed by atoms with Crippen molar-refractivity contribution in [1.29, 1.82) is 0 Å². The van der Waals surface area contributed by atoms with Crippen LogP contribution in [0.4, 0.5) is 0 Å². The fraction of sp³-hybridized carbons (Fsp3) is 0.0769. The summed E-state index contributed by atoms with van der Waals surface area (Å²) in [7, 11) is 0.794. The summed E-state index contributed by atoms with van der Waals surface area (Å²) in [5.74, 6) is 0. The summed E-state index contributed by atoms with van der Waals surface area (Å²) in [6.07, 6.45) is 1.03. The zero-order valence-electron chi connectivity index (χ0n) is 8.28. The fourth-order valence-corrected chi connectivity index (χ4v) is 2.84. The third-order valence-electron chi connectivity index (χ3n) is 2.21. The van der Waals surface area contributed by atoms with Gasteiger partial charge in [-0.15, -0.1) is 0 Å². The van der Waals surface area contributed by atoms with Crippen molar-refractivity contribution in [3.05, 3.63) is 65.2 Å². The van der Waals surface area contributed by atoms with E-state index in [4.69, 9.17) is 11.6 Å². The van der Waals surface area contributed by atoms with Gasteiger partial charge in [-0.1, -0.05) is 68.7 Å². The number of hydrogen-bond donors (Lipinski definition) is 0. The summed E-state index contributed by atoms with van der Waals surface area (Å²) in [6, 6.07) is 18.6. The third kappa shape index (κ3) is 3.06. The second kappa shape index (κ2) is 5.30. The average molecular weight is 235 g/mol. The van der Waals surface area contributed by atoms with Crippen LogP contribution in [0.5, 0.6) is 0 Å². The Balaban J connectivity index is 2.03. The monoisotopic (exact) mass is 234 g/mol. The Morgan fingerprint density at radius 2 is 1.53 bits per heavy atom. The van der Waals surface area contributed by atoms with Crippen molar-refractivity contribution in [2.24, 2.45) is 0 Å². The van der Waals surface area contributed by atoms with Crippen molar-refractivity contribution in [1.82, 2.24) is 0 Å². The van der Waals surface area contributed by atoms with Gasteiger partial charge in [0.05, 0.1) is 0 Å². The quantitative estimate of drug-likeness (QED) is 0.708. The second-order valence-corrected chi connectivity index (χ2v) is 5.00. The van der Waals surface area contributed by atoms with Crippen molar-refractivity contribution >= 4 is 25.5 Å². The molecule has 0 fully saturated rings. The minimum Gasteiger partial charge on any atom is -0.0859 e. The van der Waals surface area contributed by atoms with E-state index in [2.05, 4.69) is 30.3 Å². The lowest BCUT2D eigenvalue weighted by atomic mass is 10.2. The van der Waals surface area contributed by atoms with Crippen LogP contribution in [0.3, 0.4) is 0 Å². The van der Waals surface area contributed by atoms with E-state index in [0.29, 0.717) is 0 Å². The van der Waals surface area contributed by atoms with E-state index < -0.39 is 0 Å². The molecule has 0 radical (unpaired) electrons. The van der Waals surface area contributed by atoms with Crippen LogP contribution < -0.4 is 5.30 Å². The van der Waals surface area contributed by atoms with Crippen molar-refractivity contribution in [3.63, 3.8) is 0 Å². The van der Waals surface area contributed by atoms with E-state index in [1.54, 1.807) is 0 Å². The van der Waals surface area contributed by atoms with Crippen molar-refractivity contribution < 1.29 is 0 Å². The van der Waals surface area contributed by atoms with Crippen LogP contribution in [-0.4, -0.2) is 0 Å². The summed E-state index contributed by atoms with van der Waals surface area (Å²) in [5, 5.41) is 2.26. The summed E-state index contributed by atoms with van der Waals surface area (Å²) < 4.78 is 0. The number of rotatable bonds is 3. The van der Waals surface area contributed by atoms with Gasteiger partial charge in [-0.2, -0.15) is 0 Å². The van der Waals surface area contributed by atoms with E-state index in [1.165, 1.54) is 10.9 Å². The molecular weight excluding hydrogens is 223 g/mol. The Labute approximate surface area is 97.1 Å². The highest BCUT2D eigenvalue weighted by molar-refractivity contribution is 7.46. The van der Waals surface area contributed by atoms with Crippen LogP contribution in [-0.2, 0) is 6.16 Å². The van der Waals surface area contributed by atoms with Crippen molar-refractivity contribution in [2.75, 3.05) is 0 Å². The molecule has 0 N–H and O–H groups in total. The lowest BCUT2D eigenvalue weighted by Crippen LogP contribution is -1.92. The Hall–Kier alpha value is -0.840. The summed E-state index contributed by atoms with van der Waals surface area (Å²) in [5.41, 5.74) is 1.24. The molecule has 0 spiro atoms. The van der Waals surface area contributed by atoms with Gasteiger partial charge in [0.15, 0.2) is 0 Å². The minimum atomic E-state index is 0.794. The first-order chi connectivity index (χ1) is 7.36. The predicted molar refractivity (Wildman–Crippen MR) is 69.5 cm³/mol. The Kier molecular flexibility index (Phi) is 3.77. The SMILES string of the molecule is Clc1ccccc1CPc1ccccc1. The lowest BCUT2D eigenvalue weighted by molar-refractivity contribution is 1.41. The molecule has 2 rings (SSSR count). The Morgan fingerprint density at radius 1 is 0.867 bits per heavy atom. The molecule has 0 saturated heterocycles. The zero-order valence-corrected chi connectivity index (χ0v) is 10.0. The lowest BCUT2D eigenvalue weighted by Gasteiger charge is -2.04. The zero-order chi connectivity index (χ0) is 10.5. The maximum absolute atomic E-state index is 6.09. The second-order valence-electron chi connectivity index (χ2n) is 3.31. The molecule has 2 heteroatoms. The standard InChI is InChI=1S/C13H12ClP/c14-13-9-5-4-6-11(13)10-15-12-7-2-1-3-8-12/h1-9,15H,10H2. The smallest absolute Gasteiger partial charge is 0.0441 e. The van der Waals surface area contributed by atoms with Crippen LogP contribution in [0.2, 0.25) is 5.02 Å². The first kappa shape index (κ1) is 10.7. The van der Waals surface area contributed by atoms with Gasteiger partial charge < -0.3 is 0 Å². The predicted octanol–water partition coefficient (Wildman–Crippen LogP) is 3.84. The molecule has 0 aliphatic rings. The molecule has 2 aromatic rings. The average Bonchev–Trinajstić information content (AvgIpc) is 2.29. The molecule has 0 nitrogen and oxygen atoms in total. The maximum atomic E-state index is 6.09. The molecule has 0 aromatic heterocycles. The summed E-state index contributed by atoms with van der Waals surface area (Å²) in [6.45, 7) is 0. The molecule has 1 atom stereocenters. The van der Waals surface area contributed by atoms with E-state index >= 15 is 0 Å². The largest absolute Gasteiger partial charge is 0.0859 e. The first-order valence-corrected chi connectivity index (χ1v) is 6.47. The highest BCUT2D eigenvalue weighted by Crippen LogP contribution is 2.23. The Bertz CT molecular complexity index is 426. The fourth-order valence-electron chi connectivity index (χ4n) is 1.40. The van der Waals surface area contributed by atoms with Gasteiger partial charge in [0.2, 0.25) is 0 Å². The molecule has 0 heterocycles. The van der Waals surface area contributed by atoms with E-state index in [9.17, 15) is 0 Å².